The molecule has 178 valence electrons. The van der Waals surface area contributed by atoms with Crippen molar-refractivity contribution in [3.63, 3.8) is 0 Å². The topological polar surface area (TPSA) is 100 Å². The molecule has 0 radical (unpaired) electrons. The van der Waals surface area contributed by atoms with Gasteiger partial charge in [0, 0.05) is 11.4 Å². The summed E-state index contributed by atoms with van der Waals surface area (Å²) < 4.78 is 11.0. The third-order valence-corrected chi connectivity index (χ3v) is 5.27. The van der Waals surface area contributed by atoms with Crippen LogP contribution in [0.25, 0.3) is 6.08 Å². The van der Waals surface area contributed by atoms with Gasteiger partial charge in [0.2, 0.25) is 0 Å². The van der Waals surface area contributed by atoms with Gasteiger partial charge in [0.15, 0.2) is 18.1 Å². The molecule has 2 N–H and O–H groups in total. The van der Waals surface area contributed by atoms with Crippen LogP contribution in [0.3, 0.4) is 0 Å². The van der Waals surface area contributed by atoms with E-state index in [2.05, 4.69) is 10.6 Å². The number of ether oxygens (including phenoxy) is 2. The highest BCUT2D eigenvalue weighted by Gasteiger charge is 2.13. The van der Waals surface area contributed by atoms with Gasteiger partial charge in [-0.15, -0.1) is 0 Å². The molecule has 0 aliphatic carbocycles. The minimum absolute atomic E-state index is 0.0571. The van der Waals surface area contributed by atoms with Crippen LogP contribution in [0.4, 0.5) is 11.4 Å². The summed E-state index contributed by atoms with van der Waals surface area (Å²) in [5.74, 6) is -0.0795. The maximum absolute atomic E-state index is 12.7. The van der Waals surface area contributed by atoms with Crippen LogP contribution in [0.2, 0.25) is 0 Å². The number of para-hydroxylation sites is 1. The molecule has 7 nitrogen and oxygen atoms in total. The molecular weight excluding hydrogens is 442 g/mol. The van der Waals surface area contributed by atoms with Crippen LogP contribution in [-0.2, 0) is 9.59 Å². The van der Waals surface area contributed by atoms with E-state index in [-0.39, 0.29) is 18.1 Å². The number of amides is 2. The second kappa shape index (κ2) is 11.5. The lowest BCUT2D eigenvalue weighted by molar-refractivity contribution is -0.118. The third kappa shape index (κ3) is 6.71. The minimum atomic E-state index is -0.508. The third-order valence-electron chi connectivity index (χ3n) is 5.27. The summed E-state index contributed by atoms with van der Waals surface area (Å²) >= 11 is 0. The summed E-state index contributed by atoms with van der Waals surface area (Å²) in [5.41, 5.74) is 4.82. The van der Waals surface area contributed by atoms with Gasteiger partial charge in [-0.25, -0.2) is 0 Å². The predicted molar refractivity (Wildman–Crippen MR) is 136 cm³/mol. The normalized spacial score (nSPS) is 10.8. The van der Waals surface area contributed by atoms with Crippen LogP contribution >= 0.6 is 0 Å². The van der Waals surface area contributed by atoms with Gasteiger partial charge in [-0.3, -0.25) is 9.59 Å². The summed E-state index contributed by atoms with van der Waals surface area (Å²) in [6.07, 6.45) is 1.47. The van der Waals surface area contributed by atoms with Crippen LogP contribution in [0.15, 0.2) is 66.2 Å². The quantitative estimate of drug-likeness (QED) is 0.350. The Kier molecular flexibility index (Phi) is 8.25. The summed E-state index contributed by atoms with van der Waals surface area (Å²) in [6, 6.07) is 20.0. The fourth-order valence-corrected chi connectivity index (χ4v) is 3.39. The van der Waals surface area contributed by atoms with Crippen LogP contribution in [0, 0.1) is 32.1 Å². The van der Waals surface area contributed by atoms with E-state index in [1.165, 1.54) is 13.2 Å². The minimum Gasteiger partial charge on any atom is -0.493 e. The van der Waals surface area contributed by atoms with Crippen molar-refractivity contribution in [2.75, 3.05) is 24.4 Å². The summed E-state index contributed by atoms with van der Waals surface area (Å²) in [6.45, 7) is 5.56. The molecular formula is C28H27N3O4. The van der Waals surface area contributed by atoms with E-state index >= 15 is 0 Å². The Morgan fingerprint density at radius 1 is 0.914 bits per heavy atom. The van der Waals surface area contributed by atoms with E-state index in [4.69, 9.17) is 9.47 Å². The average molecular weight is 470 g/mol. The number of nitrogens with zero attached hydrogens (tertiary/aromatic N) is 1. The Balaban J connectivity index is 1.70. The Labute approximate surface area is 205 Å². The fraction of sp³-hybridized carbons (Fsp3) is 0.179. The first-order valence-corrected chi connectivity index (χ1v) is 11.0. The maximum atomic E-state index is 12.7. The van der Waals surface area contributed by atoms with Crippen molar-refractivity contribution in [1.29, 1.82) is 5.26 Å². The number of aryl methyl sites for hydroxylation is 3. The van der Waals surface area contributed by atoms with Crippen molar-refractivity contribution < 1.29 is 19.1 Å². The highest BCUT2D eigenvalue weighted by Crippen LogP contribution is 2.29. The summed E-state index contributed by atoms with van der Waals surface area (Å²) in [4.78, 5) is 24.9. The Bertz CT molecular complexity index is 1320. The Morgan fingerprint density at radius 2 is 1.66 bits per heavy atom. The van der Waals surface area contributed by atoms with Crippen molar-refractivity contribution in [3.8, 4) is 17.6 Å². The molecule has 2 amide bonds. The van der Waals surface area contributed by atoms with Gasteiger partial charge in [0.05, 0.1) is 7.11 Å². The molecule has 0 aromatic heterocycles. The molecule has 3 rings (SSSR count). The number of rotatable bonds is 8. The lowest BCUT2D eigenvalue weighted by Gasteiger charge is -2.12. The molecule has 0 saturated heterocycles. The number of benzene rings is 3. The first kappa shape index (κ1) is 25.1. The molecule has 0 atom stereocenters. The number of nitriles is 1. The number of carbonyl (C=O) groups excluding carboxylic acids is 2. The van der Waals surface area contributed by atoms with Crippen LogP contribution in [0.1, 0.15) is 22.3 Å². The van der Waals surface area contributed by atoms with Crippen LogP contribution in [-0.4, -0.2) is 25.5 Å². The number of methoxy groups -OCH3 is 1. The molecule has 0 aliphatic rings. The van der Waals surface area contributed by atoms with Crippen molar-refractivity contribution in [2.24, 2.45) is 0 Å². The molecule has 0 unspecified atom stereocenters. The van der Waals surface area contributed by atoms with Gasteiger partial charge in [0.1, 0.15) is 11.6 Å². The second-order valence-corrected chi connectivity index (χ2v) is 8.00. The Morgan fingerprint density at radius 3 is 2.34 bits per heavy atom. The molecule has 3 aromatic carbocycles. The van der Waals surface area contributed by atoms with Gasteiger partial charge < -0.3 is 20.1 Å². The summed E-state index contributed by atoms with van der Waals surface area (Å²) in [7, 11) is 1.47. The van der Waals surface area contributed by atoms with Crippen molar-refractivity contribution in [2.45, 2.75) is 20.8 Å². The zero-order valence-electron chi connectivity index (χ0n) is 20.1. The van der Waals surface area contributed by atoms with Crippen molar-refractivity contribution >= 4 is 29.3 Å². The molecule has 3 aromatic rings. The predicted octanol–water partition coefficient (Wildman–Crippen LogP) is 5.18. The number of hydrogen-bond donors (Lipinski definition) is 2. The molecule has 0 saturated carbocycles. The molecule has 35 heavy (non-hydrogen) atoms. The fourth-order valence-electron chi connectivity index (χ4n) is 3.39. The molecule has 7 heteroatoms. The molecule has 0 heterocycles. The molecule has 0 bridgehead atoms. The first-order chi connectivity index (χ1) is 16.8. The second-order valence-electron chi connectivity index (χ2n) is 8.00. The molecule has 0 aliphatic heterocycles. The monoisotopic (exact) mass is 469 g/mol. The molecule has 0 fully saturated rings. The van der Waals surface area contributed by atoms with E-state index in [9.17, 15) is 14.9 Å². The van der Waals surface area contributed by atoms with Crippen molar-refractivity contribution in [3.05, 3.63) is 88.5 Å². The van der Waals surface area contributed by atoms with Gasteiger partial charge >= 0.3 is 0 Å². The highest BCUT2D eigenvalue weighted by atomic mass is 16.5. The van der Waals surface area contributed by atoms with Crippen molar-refractivity contribution in [1.82, 2.24) is 0 Å². The summed E-state index contributed by atoms with van der Waals surface area (Å²) in [5, 5.41) is 15.1. The Hall–Kier alpha value is -4.57. The number of carbonyl (C=O) groups is 2. The van der Waals surface area contributed by atoms with E-state index in [1.807, 2.05) is 69.3 Å². The smallest absolute Gasteiger partial charge is 0.266 e. The zero-order valence-corrected chi connectivity index (χ0v) is 20.1. The largest absolute Gasteiger partial charge is 0.493 e. The SMILES string of the molecule is COc1cc(/C=C(/C#N)C(=O)Nc2ccc(C)cc2C)ccc1OCC(=O)Nc1ccccc1C. The number of anilines is 2. The standard InChI is InChI=1S/C28H27N3O4/c1-18-9-11-24(20(3)13-18)31-28(33)22(16-29)14-21-10-12-25(26(15-21)34-4)35-17-27(32)30-23-8-6-5-7-19(23)2/h5-15H,17H2,1-4H3,(H,30,32)(H,31,33)/b22-14-. The molecule has 0 spiro atoms. The lowest BCUT2D eigenvalue weighted by Crippen LogP contribution is -2.20. The highest BCUT2D eigenvalue weighted by molar-refractivity contribution is 6.10. The van der Waals surface area contributed by atoms with Gasteiger partial charge in [-0.1, -0.05) is 42.0 Å². The van der Waals surface area contributed by atoms with Gasteiger partial charge in [-0.05, 0) is 67.8 Å². The number of nitrogens with one attached hydrogen (secondary N) is 2. The van der Waals surface area contributed by atoms with E-state index in [0.29, 0.717) is 22.7 Å². The van der Waals surface area contributed by atoms with E-state index in [1.54, 1.807) is 18.2 Å². The lowest BCUT2D eigenvalue weighted by atomic mass is 10.1. The van der Waals surface area contributed by atoms with E-state index in [0.717, 1.165) is 22.4 Å². The average Bonchev–Trinajstić information content (AvgIpc) is 2.84. The first-order valence-electron chi connectivity index (χ1n) is 11.0. The van der Waals surface area contributed by atoms with Gasteiger partial charge in [-0.2, -0.15) is 5.26 Å². The van der Waals surface area contributed by atoms with Crippen LogP contribution < -0.4 is 20.1 Å². The van der Waals surface area contributed by atoms with E-state index < -0.39 is 5.91 Å². The number of hydrogen-bond acceptors (Lipinski definition) is 5. The van der Waals surface area contributed by atoms with Gasteiger partial charge in [0.25, 0.3) is 11.8 Å². The maximum Gasteiger partial charge on any atom is 0.266 e. The zero-order chi connectivity index (χ0) is 25.4. The van der Waals surface area contributed by atoms with Crippen LogP contribution in [0.5, 0.6) is 11.5 Å².